The molecule has 0 radical (unpaired) electrons. The van der Waals surface area contributed by atoms with Crippen molar-refractivity contribution in [3.63, 3.8) is 0 Å². The Morgan fingerprint density at radius 3 is 2.18 bits per heavy atom. The van der Waals surface area contributed by atoms with Gasteiger partial charge in [0.1, 0.15) is 0 Å². The van der Waals surface area contributed by atoms with Gasteiger partial charge in [-0.3, -0.25) is 0 Å². The first kappa shape index (κ1) is 13.5. The van der Waals surface area contributed by atoms with Crippen molar-refractivity contribution in [2.24, 2.45) is 5.73 Å². The lowest BCUT2D eigenvalue weighted by atomic mass is 10.1. The highest BCUT2D eigenvalue weighted by atomic mass is 16.2. The number of aliphatic hydroxyl groups is 1. The fraction of sp³-hybridized carbons (Fsp3) is 1.00. The van der Waals surface area contributed by atoms with Crippen LogP contribution in [0.5, 0.6) is 0 Å². The molecule has 0 aromatic rings. The number of aliphatic hydroxyl groups excluding tert-OH is 1. The van der Waals surface area contributed by atoms with Gasteiger partial charge in [0.05, 0.1) is 0 Å². The molecule has 0 rings (SSSR count). The van der Waals surface area contributed by atoms with Crippen LogP contribution in [-0.4, -0.2) is 17.8 Å². The predicted molar refractivity (Wildman–Crippen MR) is 50.6 cm³/mol. The molecule has 0 aliphatic heterocycles. The summed E-state index contributed by atoms with van der Waals surface area (Å²) in [6, 6.07) is 0.344. The molecule has 0 aliphatic carbocycles. The summed E-state index contributed by atoms with van der Waals surface area (Å²) in [6.07, 6.45) is 4.06. The second kappa shape index (κ2) is 12.6. The summed E-state index contributed by atoms with van der Waals surface area (Å²) in [5.41, 5.74) is 5.63. The molecule has 0 aliphatic rings. The Kier molecular flexibility index (Phi) is 15.4. The third kappa shape index (κ3) is 13.0. The molecular weight excluding hydrogens is 138 g/mol. The molecule has 1 unspecified atom stereocenters. The van der Waals surface area contributed by atoms with Crippen molar-refractivity contribution in [1.82, 2.24) is 0 Å². The van der Waals surface area contributed by atoms with E-state index >= 15 is 0 Å². The van der Waals surface area contributed by atoms with Crippen molar-refractivity contribution in [2.45, 2.75) is 52.5 Å². The van der Waals surface area contributed by atoms with Crippen LogP contribution in [0.4, 0.5) is 0 Å². The maximum absolute atomic E-state index is 8.41. The quantitative estimate of drug-likeness (QED) is 0.605. The summed E-state index contributed by atoms with van der Waals surface area (Å²) in [5.74, 6) is 0. The Morgan fingerprint density at radius 1 is 1.27 bits per heavy atom. The summed E-state index contributed by atoms with van der Waals surface area (Å²) in [7, 11) is 0. The molecule has 0 fully saturated rings. The van der Waals surface area contributed by atoms with Gasteiger partial charge in [-0.15, -0.1) is 0 Å². The molecule has 0 saturated heterocycles. The van der Waals surface area contributed by atoms with Gasteiger partial charge in [-0.05, 0) is 25.7 Å². The number of nitrogens with two attached hydrogens (primary N) is 1. The van der Waals surface area contributed by atoms with Crippen molar-refractivity contribution in [3.05, 3.63) is 0 Å². The minimum atomic E-state index is 0.302. The van der Waals surface area contributed by atoms with Gasteiger partial charge >= 0.3 is 0 Å². The van der Waals surface area contributed by atoms with Crippen LogP contribution in [0.2, 0.25) is 0 Å². The molecule has 2 heteroatoms. The third-order valence-electron chi connectivity index (χ3n) is 1.51. The first-order chi connectivity index (χ1) is 5.31. The highest BCUT2D eigenvalue weighted by Crippen LogP contribution is 2.00. The average Bonchev–Trinajstić information content (AvgIpc) is 2.08. The molecule has 70 valence electrons. The van der Waals surface area contributed by atoms with Crippen LogP contribution in [0, 0.1) is 0 Å². The molecule has 0 amide bonds. The fourth-order valence-corrected chi connectivity index (χ4v) is 0.722. The van der Waals surface area contributed by atoms with Crippen LogP contribution in [0.3, 0.4) is 0 Å². The molecule has 0 heterocycles. The van der Waals surface area contributed by atoms with Crippen molar-refractivity contribution < 1.29 is 5.11 Å². The van der Waals surface area contributed by atoms with E-state index in [4.69, 9.17) is 10.8 Å². The zero-order chi connectivity index (χ0) is 9.11. The van der Waals surface area contributed by atoms with Crippen LogP contribution < -0.4 is 5.73 Å². The molecule has 3 N–H and O–H groups in total. The Bertz CT molecular complexity index is 57.5. The van der Waals surface area contributed by atoms with Crippen LogP contribution in [-0.2, 0) is 0 Å². The van der Waals surface area contributed by atoms with E-state index in [9.17, 15) is 0 Å². The Balaban J connectivity index is 0. The van der Waals surface area contributed by atoms with Crippen LogP contribution in [0.15, 0.2) is 0 Å². The number of hydrogen-bond donors (Lipinski definition) is 2. The maximum Gasteiger partial charge on any atom is 0.0431 e. The normalized spacial score (nSPS) is 11.7. The van der Waals surface area contributed by atoms with Gasteiger partial charge in [0.25, 0.3) is 0 Å². The highest BCUT2D eigenvalue weighted by molar-refractivity contribution is 4.57. The molecule has 0 spiro atoms. The van der Waals surface area contributed by atoms with Gasteiger partial charge in [-0.25, -0.2) is 0 Å². The van der Waals surface area contributed by atoms with Gasteiger partial charge in [-0.2, -0.15) is 0 Å². The number of unbranched alkanes of at least 4 members (excludes halogenated alkanes) is 1. The molecule has 1 atom stereocenters. The van der Waals surface area contributed by atoms with E-state index < -0.39 is 0 Å². The van der Waals surface area contributed by atoms with E-state index in [0.717, 1.165) is 25.7 Å². The average molecular weight is 161 g/mol. The summed E-state index contributed by atoms with van der Waals surface area (Å²) in [6.45, 7) is 6.39. The Morgan fingerprint density at radius 2 is 1.82 bits per heavy atom. The van der Waals surface area contributed by atoms with Gasteiger partial charge in [0.2, 0.25) is 0 Å². The topological polar surface area (TPSA) is 46.2 Å². The predicted octanol–water partition coefficient (Wildman–Crippen LogP) is 1.91. The Hall–Kier alpha value is -0.0800. The lowest BCUT2D eigenvalue weighted by Crippen LogP contribution is -2.17. The summed E-state index contributed by atoms with van der Waals surface area (Å²) >= 11 is 0. The number of rotatable bonds is 5. The van der Waals surface area contributed by atoms with E-state index in [2.05, 4.69) is 6.92 Å². The van der Waals surface area contributed by atoms with Crippen molar-refractivity contribution >= 4 is 0 Å². The highest BCUT2D eigenvalue weighted by Gasteiger charge is 1.96. The molecule has 2 nitrogen and oxygen atoms in total. The van der Waals surface area contributed by atoms with Gasteiger partial charge in [-0.1, -0.05) is 20.8 Å². The molecular formula is C9H23NO. The fourth-order valence-electron chi connectivity index (χ4n) is 0.722. The van der Waals surface area contributed by atoms with Crippen LogP contribution >= 0.6 is 0 Å². The summed E-state index contributed by atoms with van der Waals surface area (Å²) < 4.78 is 0. The van der Waals surface area contributed by atoms with Gasteiger partial charge in [0, 0.05) is 12.6 Å². The molecule has 0 saturated carbocycles. The summed E-state index contributed by atoms with van der Waals surface area (Å²) in [4.78, 5) is 0. The summed E-state index contributed by atoms with van der Waals surface area (Å²) in [5, 5.41) is 8.41. The molecule has 0 bridgehead atoms. The third-order valence-corrected chi connectivity index (χ3v) is 1.51. The second-order valence-corrected chi connectivity index (χ2v) is 2.39. The monoisotopic (exact) mass is 161 g/mol. The van der Waals surface area contributed by atoms with Crippen LogP contribution in [0.1, 0.15) is 46.5 Å². The van der Waals surface area contributed by atoms with Crippen molar-refractivity contribution in [3.8, 4) is 0 Å². The van der Waals surface area contributed by atoms with Gasteiger partial charge < -0.3 is 10.8 Å². The molecule has 0 aromatic carbocycles. The van der Waals surface area contributed by atoms with Crippen molar-refractivity contribution in [1.29, 1.82) is 0 Å². The van der Waals surface area contributed by atoms with E-state index in [1.54, 1.807) is 0 Å². The lowest BCUT2D eigenvalue weighted by molar-refractivity contribution is 0.281. The standard InChI is InChI=1S/C7H17NO.C2H6/c1-2-7(8)5-3-4-6-9;1-2/h7,9H,2-6,8H2,1H3;1-2H3. The van der Waals surface area contributed by atoms with Gasteiger partial charge in [0.15, 0.2) is 0 Å². The zero-order valence-corrected chi connectivity index (χ0v) is 8.14. The van der Waals surface area contributed by atoms with Crippen LogP contribution in [0.25, 0.3) is 0 Å². The maximum atomic E-state index is 8.41. The molecule has 11 heavy (non-hydrogen) atoms. The minimum Gasteiger partial charge on any atom is -0.396 e. The Labute approximate surface area is 70.8 Å². The van der Waals surface area contributed by atoms with E-state index in [-0.39, 0.29) is 0 Å². The van der Waals surface area contributed by atoms with E-state index in [1.807, 2.05) is 13.8 Å². The first-order valence-corrected chi connectivity index (χ1v) is 4.67. The first-order valence-electron chi connectivity index (χ1n) is 4.67. The molecule has 0 aromatic heterocycles. The SMILES string of the molecule is CC.CCC(N)CCCCO. The smallest absolute Gasteiger partial charge is 0.0431 e. The minimum absolute atomic E-state index is 0.302. The zero-order valence-electron chi connectivity index (χ0n) is 8.14. The van der Waals surface area contributed by atoms with Crippen molar-refractivity contribution in [2.75, 3.05) is 6.61 Å². The second-order valence-electron chi connectivity index (χ2n) is 2.39. The van der Waals surface area contributed by atoms with E-state index in [1.165, 1.54) is 0 Å². The lowest BCUT2D eigenvalue weighted by Gasteiger charge is -2.05. The number of hydrogen-bond acceptors (Lipinski definition) is 2. The van der Waals surface area contributed by atoms with E-state index in [0.29, 0.717) is 12.6 Å². The largest absolute Gasteiger partial charge is 0.396 e.